The Morgan fingerprint density at radius 3 is 2.57 bits per heavy atom. The summed E-state index contributed by atoms with van der Waals surface area (Å²) in [5.74, 6) is -4.01. The van der Waals surface area contributed by atoms with Gasteiger partial charge in [0, 0.05) is 28.3 Å². The van der Waals surface area contributed by atoms with Crippen LogP contribution in [0.3, 0.4) is 0 Å². The molecule has 0 spiro atoms. The lowest BCUT2D eigenvalue weighted by Crippen LogP contribution is -2.43. The van der Waals surface area contributed by atoms with E-state index in [1.807, 2.05) is 0 Å². The van der Waals surface area contributed by atoms with Gasteiger partial charge in [-0.3, -0.25) is 9.59 Å². The minimum atomic E-state index is -2.89. The van der Waals surface area contributed by atoms with E-state index < -0.39 is 40.6 Å². The third kappa shape index (κ3) is 6.57. The Morgan fingerprint density at radius 2 is 1.94 bits per heavy atom. The monoisotopic (exact) mass is 675 g/mol. The second-order valence-electron chi connectivity index (χ2n) is 11.6. The van der Waals surface area contributed by atoms with Crippen molar-refractivity contribution in [2.75, 3.05) is 13.2 Å². The number of nitrogens with zero attached hydrogens (tertiary/aromatic N) is 3. The summed E-state index contributed by atoms with van der Waals surface area (Å²) in [7, 11) is 0. The van der Waals surface area contributed by atoms with Crippen molar-refractivity contribution in [3.8, 4) is 22.8 Å². The molecule has 2 aromatic carbocycles. The van der Waals surface area contributed by atoms with Crippen molar-refractivity contribution in [1.29, 1.82) is 0 Å². The lowest BCUT2D eigenvalue weighted by atomic mass is 9.90. The van der Waals surface area contributed by atoms with Crippen LogP contribution < -0.4 is 20.5 Å². The van der Waals surface area contributed by atoms with Crippen LogP contribution in [0.15, 0.2) is 36.5 Å². The standard InChI is InChI=1S/C32H30ClF4N5O5/c1-2-46-29-15(12-24(38)43)11-23(40-28(29)20-7-8-21(34)26(35)25(20)33)32(45,18-3-4-18)14-39-30(44)16-9-17-13-42(31(36)37)41-27(17)22(10-16)47-19-5-6-19/h7-11,13,18-19,31,45H,2-6,12,14H2,1H3,(H2,38,43)(H,39,44)/t32-/m1/s1. The number of halogens is 5. The van der Waals surface area contributed by atoms with Gasteiger partial charge in [0.05, 0.1) is 36.4 Å². The Balaban J connectivity index is 1.38. The third-order valence-corrected chi connectivity index (χ3v) is 8.45. The quantitative estimate of drug-likeness (QED) is 0.127. The molecule has 0 bridgehead atoms. The number of nitrogens with one attached hydrogen (secondary N) is 1. The predicted molar refractivity (Wildman–Crippen MR) is 162 cm³/mol. The number of amides is 2. The molecule has 248 valence electrons. The minimum Gasteiger partial charge on any atom is -0.491 e. The van der Waals surface area contributed by atoms with Crippen molar-refractivity contribution in [1.82, 2.24) is 20.1 Å². The van der Waals surface area contributed by atoms with Crippen molar-refractivity contribution in [3.05, 3.63) is 70.0 Å². The zero-order chi connectivity index (χ0) is 33.6. The normalized spacial score (nSPS) is 15.9. The van der Waals surface area contributed by atoms with Gasteiger partial charge in [-0.25, -0.2) is 18.4 Å². The number of nitrogens with two attached hydrogens (primary N) is 1. The summed E-state index contributed by atoms with van der Waals surface area (Å²) >= 11 is 6.20. The Kier molecular flexibility index (Phi) is 8.74. The molecular formula is C32H30ClF4N5O5. The van der Waals surface area contributed by atoms with Crippen molar-refractivity contribution >= 4 is 34.3 Å². The number of rotatable bonds is 13. The Bertz CT molecular complexity index is 1880. The van der Waals surface area contributed by atoms with Crippen LogP contribution in [-0.4, -0.2) is 50.9 Å². The second kappa shape index (κ2) is 12.6. The molecule has 6 rings (SSSR count). The SMILES string of the molecule is CCOc1c(CC(N)=O)cc([C@@](O)(CNC(=O)c2cc(OC3CC3)c3nn(C(F)F)cc3c2)C2CC2)nc1-c1ccc(F)c(F)c1Cl. The molecule has 15 heteroatoms. The molecule has 0 saturated heterocycles. The van der Waals surface area contributed by atoms with E-state index in [2.05, 4.69) is 15.4 Å². The maximum Gasteiger partial charge on any atom is 0.333 e. The fraction of sp³-hybridized carbons (Fsp3) is 0.375. The van der Waals surface area contributed by atoms with Crippen LogP contribution in [0.4, 0.5) is 17.6 Å². The van der Waals surface area contributed by atoms with Crippen LogP contribution in [0.25, 0.3) is 22.2 Å². The van der Waals surface area contributed by atoms with E-state index in [4.69, 9.17) is 26.8 Å². The van der Waals surface area contributed by atoms with E-state index in [9.17, 15) is 32.3 Å². The number of alkyl halides is 2. The topological polar surface area (TPSA) is 142 Å². The van der Waals surface area contributed by atoms with Gasteiger partial charge in [0.1, 0.15) is 28.3 Å². The number of hydrogen-bond acceptors (Lipinski definition) is 7. The van der Waals surface area contributed by atoms with E-state index in [0.29, 0.717) is 17.5 Å². The number of benzene rings is 2. The van der Waals surface area contributed by atoms with Gasteiger partial charge < -0.3 is 25.6 Å². The first-order valence-electron chi connectivity index (χ1n) is 15.0. The second-order valence-corrected chi connectivity index (χ2v) is 12.0. The minimum absolute atomic E-state index is 0.0159. The molecule has 4 aromatic rings. The summed E-state index contributed by atoms with van der Waals surface area (Å²) in [4.78, 5) is 30.2. The number of ether oxygens (including phenoxy) is 2. The molecule has 1 atom stereocenters. The number of carbonyl (C=O) groups is 2. The highest BCUT2D eigenvalue weighted by Crippen LogP contribution is 2.47. The zero-order valence-corrected chi connectivity index (χ0v) is 25.8. The Labute approximate surface area is 270 Å². The molecule has 0 aliphatic heterocycles. The van der Waals surface area contributed by atoms with Crippen LogP contribution in [0.2, 0.25) is 5.02 Å². The lowest BCUT2D eigenvalue weighted by Gasteiger charge is -2.30. The molecule has 2 aliphatic rings. The predicted octanol–water partition coefficient (Wildman–Crippen LogP) is 5.42. The van der Waals surface area contributed by atoms with E-state index in [0.717, 1.165) is 25.1 Å². The molecule has 2 aliphatic carbocycles. The van der Waals surface area contributed by atoms with Crippen molar-refractivity contribution in [3.63, 3.8) is 0 Å². The van der Waals surface area contributed by atoms with Crippen molar-refractivity contribution in [2.45, 2.75) is 57.3 Å². The van der Waals surface area contributed by atoms with Crippen LogP contribution >= 0.6 is 11.6 Å². The first-order valence-corrected chi connectivity index (χ1v) is 15.3. The zero-order valence-electron chi connectivity index (χ0n) is 25.0. The van der Waals surface area contributed by atoms with Gasteiger partial charge in [-0.05, 0) is 68.9 Å². The average Bonchev–Trinajstić information content (AvgIpc) is 3.97. The lowest BCUT2D eigenvalue weighted by molar-refractivity contribution is -0.117. The Hall–Kier alpha value is -4.43. The number of aliphatic hydroxyl groups is 1. The number of aromatic nitrogens is 3. The molecule has 2 amide bonds. The highest BCUT2D eigenvalue weighted by molar-refractivity contribution is 6.33. The first kappa shape index (κ1) is 32.5. The number of hydrogen-bond donors (Lipinski definition) is 3. The molecule has 2 heterocycles. The molecule has 0 unspecified atom stereocenters. The molecule has 10 nitrogen and oxygen atoms in total. The van der Waals surface area contributed by atoms with Gasteiger partial charge in [-0.15, -0.1) is 0 Å². The largest absolute Gasteiger partial charge is 0.491 e. The average molecular weight is 676 g/mol. The van der Waals surface area contributed by atoms with Gasteiger partial charge >= 0.3 is 6.55 Å². The van der Waals surface area contributed by atoms with E-state index in [1.165, 1.54) is 24.3 Å². The maximum atomic E-state index is 14.6. The number of carbonyl (C=O) groups excluding carboxylic acids is 2. The Morgan fingerprint density at radius 1 is 1.19 bits per heavy atom. The van der Waals surface area contributed by atoms with Crippen LogP contribution in [0.5, 0.6) is 11.5 Å². The van der Waals surface area contributed by atoms with Crippen LogP contribution in [0.1, 0.15) is 60.8 Å². The van der Waals surface area contributed by atoms with Gasteiger partial charge in [0.25, 0.3) is 5.91 Å². The summed E-state index contributed by atoms with van der Waals surface area (Å²) in [6.45, 7) is -1.47. The molecular weight excluding hydrogens is 646 g/mol. The summed E-state index contributed by atoms with van der Waals surface area (Å²) in [6.07, 6.45) is 3.39. The van der Waals surface area contributed by atoms with Gasteiger partial charge in [-0.1, -0.05) is 11.6 Å². The van der Waals surface area contributed by atoms with Gasteiger partial charge in [-0.2, -0.15) is 13.9 Å². The molecule has 0 radical (unpaired) electrons. The summed E-state index contributed by atoms with van der Waals surface area (Å²) in [5.41, 5.74) is 4.12. The van der Waals surface area contributed by atoms with E-state index in [1.54, 1.807) is 6.92 Å². The third-order valence-electron chi connectivity index (χ3n) is 8.08. The van der Waals surface area contributed by atoms with Crippen LogP contribution in [-0.2, 0) is 16.8 Å². The smallest absolute Gasteiger partial charge is 0.333 e. The highest BCUT2D eigenvalue weighted by Gasteiger charge is 2.47. The first-order chi connectivity index (χ1) is 22.4. The van der Waals surface area contributed by atoms with Crippen LogP contribution in [0, 0.1) is 17.6 Å². The number of fused-ring (bicyclic) bond motifs is 1. The number of pyridine rings is 1. The molecule has 4 N–H and O–H groups in total. The maximum absolute atomic E-state index is 14.6. The van der Waals surface area contributed by atoms with Crippen molar-refractivity contribution in [2.24, 2.45) is 11.7 Å². The molecule has 47 heavy (non-hydrogen) atoms. The molecule has 2 fully saturated rings. The van der Waals surface area contributed by atoms with Crippen molar-refractivity contribution < 1.29 is 41.7 Å². The van der Waals surface area contributed by atoms with Gasteiger partial charge in [0.2, 0.25) is 5.91 Å². The summed E-state index contributed by atoms with van der Waals surface area (Å²) < 4.78 is 67.5. The fourth-order valence-corrected chi connectivity index (χ4v) is 5.70. The van der Waals surface area contributed by atoms with Gasteiger partial charge in [0.15, 0.2) is 11.6 Å². The number of primary amides is 1. The highest BCUT2D eigenvalue weighted by atomic mass is 35.5. The summed E-state index contributed by atoms with van der Waals surface area (Å²) in [6, 6.07) is 6.32. The molecule has 2 aromatic heterocycles. The van der Waals surface area contributed by atoms with E-state index >= 15 is 0 Å². The summed E-state index contributed by atoms with van der Waals surface area (Å²) in [5, 5.41) is 18.4. The fourth-order valence-electron chi connectivity index (χ4n) is 5.45. The molecule has 2 saturated carbocycles. The van der Waals surface area contributed by atoms with E-state index in [-0.39, 0.29) is 82.1 Å².